The zero-order valence-electron chi connectivity index (χ0n) is 8.56. The quantitative estimate of drug-likeness (QED) is 0.745. The first-order chi connectivity index (χ1) is 6.40. The molecule has 1 N–H and O–H groups in total. The molecule has 1 fully saturated rings. The third-order valence-electron chi connectivity index (χ3n) is 2.65. The summed E-state index contributed by atoms with van der Waals surface area (Å²) in [5.41, 5.74) is 0. The minimum Gasteiger partial charge on any atom is -0.314 e. The SMILES string of the molecule is CC1CNCCN1C(C)CC(F)(F)F. The molecular weight excluding hydrogens is 193 g/mol. The first-order valence-corrected chi connectivity index (χ1v) is 4.93. The largest absolute Gasteiger partial charge is 0.390 e. The van der Waals surface area contributed by atoms with E-state index >= 15 is 0 Å². The van der Waals surface area contributed by atoms with Crippen molar-refractivity contribution in [1.82, 2.24) is 10.2 Å². The smallest absolute Gasteiger partial charge is 0.314 e. The molecule has 84 valence electrons. The molecule has 2 atom stereocenters. The Morgan fingerprint density at radius 2 is 2.14 bits per heavy atom. The summed E-state index contributed by atoms with van der Waals surface area (Å²) in [5.74, 6) is 0. The van der Waals surface area contributed by atoms with Gasteiger partial charge in [0.05, 0.1) is 6.42 Å². The van der Waals surface area contributed by atoms with Crippen molar-refractivity contribution < 1.29 is 13.2 Å². The van der Waals surface area contributed by atoms with Crippen LogP contribution >= 0.6 is 0 Å². The molecule has 1 aliphatic heterocycles. The van der Waals surface area contributed by atoms with Crippen LogP contribution in [0.2, 0.25) is 0 Å². The second kappa shape index (κ2) is 4.49. The maximum absolute atomic E-state index is 12.1. The van der Waals surface area contributed by atoms with Crippen molar-refractivity contribution in [2.75, 3.05) is 19.6 Å². The van der Waals surface area contributed by atoms with Crippen molar-refractivity contribution in [2.24, 2.45) is 0 Å². The average molecular weight is 210 g/mol. The summed E-state index contributed by atoms with van der Waals surface area (Å²) in [4.78, 5) is 1.92. The molecular formula is C9H17F3N2. The summed E-state index contributed by atoms with van der Waals surface area (Å²) in [6.07, 6.45) is -4.76. The third kappa shape index (κ3) is 3.46. The second-order valence-electron chi connectivity index (χ2n) is 3.96. The molecule has 0 amide bonds. The Morgan fingerprint density at radius 1 is 1.50 bits per heavy atom. The van der Waals surface area contributed by atoms with E-state index in [9.17, 15) is 13.2 Å². The summed E-state index contributed by atoms with van der Waals surface area (Å²) >= 11 is 0. The van der Waals surface area contributed by atoms with Crippen LogP contribution in [0.4, 0.5) is 13.2 Å². The standard InChI is InChI=1S/C9H17F3N2/c1-7(5-9(10,11)12)14-4-3-13-6-8(14)2/h7-8,13H,3-6H2,1-2H3. The van der Waals surface area contributed by atoms with Gasteiger partial charge >= 0.3 is 6.18 Å². The van der Waals surface area contributed by atoms with Crippen molar-refractivity contribution in [1.29, 1.82) is 0 Å². The van der Waals surface area contributed by atoms with Gasteiger partial charge in [-0.3, -0.25) is 4.90 Å². The molecule has 2 unspecified atom stereocenters. The number of halogens is 3. The maximum atomic E-state index is 12.1. The van der Waals surface area contributed by atoms with Crippen LogP contribution in [-0.2, 0) is 0 Å². The van der Waals surface area contributed by atoms with Crippen LogP contribution in [0.5, 0.6) is 0 Å². The summed E-state index contributed by atoms with van der Waals surface area (Å²) in [6.45, 7) is 5.88. The highest BCUT2D eigenvalue weighted by Gasteiger charge is 2.34. The summed E-state index contributed by atoms with van der Waals surface area (Å²) in [6, 6.07) is -0.215. The van der Waals surface area contributed by atoms with Gasteiger partial charge in [-0.05, 0) is 13.8 Å². The molecule has 0 bridgehead atoms. The van der Waals surface area contributed by atoms with Gasteiger partial charge in [0.15, 0.2) is 0 Å². The van der Waals surface area contributed by atoms with Gasteiger partial charge in [0, 0.05) is 31.7 Å². The molecule has 1 aliphatic rings. The van der Waals surface area contributed by atoms with E-state index in [0.717, 1.165) is 13.1 Å². The fourth-order valence-corrected chi connectivity index (χ4v) is 1.96. The van der Waals surface area contributed by atoms with Gasteiger partial charge in [-0.25, -0.2) is 0 Å². The van der Waals surface area contributed by atoms with E-state index in [4.69, 9.17) is 0 Å². The lowest BCUT2D eigenvalue weighted by atomic mass is 10.1. The van der Waals surface area contributed by atoms with Gasteiger partial charge < -0.3 is 5.32 Å². The maximum Gasteiger partial charge on any atom is 0.390 e. The zero-order valence-corrected chi connectivity index (χ0v) is 8.56. The molecule has 1 rings (SSSR count). The minimum atomic E-state index is -4.05. The molecule has 14 heavy (non-hydrogen) atoms. The van der Waals surface area contributed by atoms with E-state index in [-0.39, 0.29) is 6.04 Å². The molecule has 0 saturated carbocycles. The molecule has 0 aromatic heterocycles. The number of piperazine rings is 1. The number of nitrogens with zero attached hydrogens (tertiary/aromatic N) is 1. The van der Waals surface area contributed by atoms with Crippen molar-refractivity contribution in [3.05, 3.63) is 0 Å². The molecule has 0 aliphatic carbocycles. The Hall–Kier alpha value is -0.290. The minimum absolute atomic E-state index is 0.195. The predicted molar refractivity (Wildman–Crippen MR) is 49.2 cm³/mol. The molecule has 1 saturated heterocycles. The second-order valence-corrected chi connectivity index (χ2v) is 3.96. The molecule has 0 aromatic rings. The first kappa shape index (κ1) is 11.8. The lowest BCUT2D eigenvalue weighted by molar-refractivity contribution is -0.148. The van der Waals surface area contributed by atoms with Gasteiger partial charge in [0.1, 0.15) is 0 Å². The van der Waals surface area contributed by atoms with Gasteiger partial charge in [-0.1, -0.05) is 0 Å². The lowest BCUT2D eigenvalue weighted by Gasteiger charge is -2.38. The lowest BCUT2D eigenvalue weighted by Crippen LogP contribution is -2.53. The number of hydrogen-bond acceptors (Lipinski definition) is 2. The Kier molecular flexibility index (Phi) is 3.78. The fourth-order valence-electron chi connectivity index (χ4n) is 1.96. The Balaban J connectivity index is 2.46. The van der Waals surface area contributed by atoms with E-state index in [1.54, 1.807) is 6.92 Å². The van der Waals surface area contributed by atoms with E-state index in [1.807, 2.05) is 11.8 Å². The van der Waals surface area contributed by atoms with Crippen LogP contribution in [0, 0.1) is 0 Å². The van der Waals surface area contributed by atoms with Crippen LogP contribution < -0.4 is 5.32 Å². The van der Waals surface area contributed by atoms with Gasteiger partial charge in [0.2, 0.25) is 0 Å². The van der Waals surface area contributed by atoms with E-state index in [2.05, 4.69) is 5.32 Å². The highest BCUT2D eigenvalue weighted by molar-refractivity contribution is 4.81. The van der Waals surface area contributed by atoms with Crippen LogP contribution in [0.1, 0.15) is 20.3 Å². The van der Waals surface area contributed by atoms with Crippen LogP contribution in [0.25, 0.3) is 0 Å². The van der Waals surface area contributed by atoms with Gasteiger partial charge in [-0.2, -0.15) is 13.2 Å². The summed E-state index contributed by atoms with van der Waals surface area (Å²) in [7, 11) is 0. The summed E-state index contributed by atoms with van der Waals surface area (Å²) in [5, 5.41) is 3.16. The fraction of sp³-hybridized carbons (Fsp3) is 1.00. The highest BCUT2D eigenvalue weighted by Crippen LogP contribution is 2.25. The summed E-state index contributed by atoms with van der Waals surface area (Å²) < 4.78 is 36.4. The van der Waals surface area contributed by atoms with Crippen LogP contribution in [0.3, 0.4) is 0 Å². The van der Waals surface area contributed by atoms with Crippen LogP contribution in [-0.4, -0.2) is 42.8 Å². The van der Waals surface area contributed by atoms with Crippen molar-refractivity contribution >= 4 is 0 Å². The number of alkyl halides is 3. The van der Waals surface area contributed by atoms with Crippen molar-refractivity contribution in [3.8, 4) is 0 Å². The zero-order chi connectivity index (χ0) is 10.8. The number of rotatable bonds is 2. The Morgan fingerprint density at radius 3 is 2.64 bits per heavy atom. The highest BCUT2D eigenvalue weighted by atomic mass is 19.4. The van der Waals surface area contributed by atoms with Gasteiger partial charge in [0.25, 0.3) is 0 Å². The topological polar surface area (TPSA) is 15.3 Å². The predicted octanol–water partition coefficient (Wildman–Crippen LogP) is 1.62. The van der Waals surface area contributed by atoms with E-state index < -0.39 is 18.6 Å². The van der Waals surface area contributed by atoms with E-state index in [0.29, 0.717) is 6.54 Å². The molecule has 5 heteroatoms. The number of hydrogen-bond donors (Lipinski definition) is 1. The third-order valence-corrected chi connectivity index (χ3v) is 2.65. The molecule has 1 heterocycles. The molecule has 0 spiro atoms. The molecule has 2 nitrogen and oxygen atoms in total. The van der Waals surface area contributed by atoms with Crippen molar-refractivity contribution in [3.63, 3.8) is 0 Å². The van der Waals surface area contributed by atoms with Crippen molar-refractivity contribution in [2.45, 2.75) is 38.5 Å². The number of nitrogens with one attached hydrogen (secondary N) is 1. The van der Waals surface area contributed by atoms with Crippen LogP contribution in [0.15, 0.2) is 0 Å². The molecule has 0 radical (unpaired) electrons. The first-order valence-electron chi connectivity index (χ1n) is 4.93. The Bertz CT molecular complexity index is 181. The normalized spacial score (nSPS) is 27.6. The molecule has 0 aromatic carbocycles. The Labute approximate surface area is 82.5 Å². The monoisotopic (exact) mass is 210 g/mol. The van der Waals surface area contributed by atoms with E-state index in [1.165, 1.54) is 0 Å². The average Bonchev–Trinajstić information content (AvgIpc) is 2.01. The van der Waals surface area contributed by atoms with Gasteiger partial charge in [-0.15, -0.1) is 0 Å².